The number of aromatic nitrogens is 2. The lowest BCUT2D eigenvalue weighted by Crippen LogP contribution is -2.23. The highest BCUT2D eigenvalue weighted by atomic mass is 15.3. The lowest BCUT2D eigenvalue weighted by molar-refractivity contribution is 0.769. The molecule has 0 spiro atoms. The molecule has 0 bridgehead atoms. The van der Waals surface area contributed by atoms with E-state index in [1.54, 1.807) is 6.07 Å². The van der Waals surface area contributed by atoms with Crippen molar-refractivity contribution in [2.24, 2.45) is 5.73 Å². The van der Waals surface area contributed by atoms with Crippen molar-refractivity contribution in [3.05, 3.63) is 47.8 Å². The largest absolute Gasteiger partial charge is 0.382 e. The van der Waals surface area contributed by atoms with E-state index in [1.165, 1.54) is 0 Å². The van der Waals surface area contributed by atoms with Gasteiger partial charge >= 0.3 is 0 Å². The van der Waals surface area contributed by atoms with Crippen LogP contribution in [0, 0.1) is 12.3 Å². The van der Waals surface area contributed by atoms with Crippen LogP contribution in [-0.4, -0.2) is 22.3 Å². The summed E-state index contributed by atoms with van der Waals surface area (Å²) in [6.07, 6.45) is 2.14. The highest BCUT2D eigenvalue weighted by Crippen LogP contribution is 2.22. The Balaban J connectivity index is 2.43. The van der Waals surface area contributed by atoms with Gasteiger partial charge in [-0.25, -0.2) is 9.97 Å². The van der Waals surface area contributed by atoms with E-state index < -0.39 is 0 Å². The van der Waals surface area contributed by atoms with Gasteiger partial charge in [-0.15, -0.1) is 0 Å². The normalized spacial score (nSPS) is 10.4. The first-order chi connectivity index (χ1) is 10.1. The fourth-order valence-corrected chi connectivity index (χ4v) is 2.08. The molecule has 1 aromatic heterocycles. The quantitative estimate of drug-likeness (QED) is 0.631. The first kappa shape index (κ1) is 15.0. The summed E-state index contributed by atoms with van der Waals surface area (Å²) in [5.74, 6) is 0.560. The Morgan fingerprint density at radius 3 is 2.57 bits per heavy atom. The lowest BCUT2D eigenvalue weighted by atomic mass is 10.2. The van der Waals surface area contributed by atoms with Crippen LogP contribution in [-0.2, 0) is 0 Å². The van der Waals surface area contributed by atoms with Crippen LogP contribution >= 0.6 is 0 Å². The Morgan fingerprint density at radius 2 is 1.95 bits per heavy atom. The number of nitrogens with one attached hydrogen (secondary N) is 1. The van der Waals surface area contributed by atoms with E-state index in [2.05, 4.69) is 21.8 Å². The van der Waals surface area contributed by atoms with Crippen LogP contribution in [0.2, 0.25) is 0 Å². The van der Waals surface area contributed by atoms with E-state index in [0.717, 1.165) is 30.8 Å². The van der Waals surface area contributed by atoms with Crippen LogP contribution in [0.15, 0.2) is 36.4 Å². The van der Waals surface area contributed by atoms with Gasteiger partial charge in [-0.3, -0.25) is 5.41 Å². The third-order valence-electron chi connectivity index (χ3n) is 3.16. The van der Waals surface area contributed by atoms with E-state index >= 15 is 0 Å². The van der Waals surface area contributed by atoms with Gasteiger partial charge in [-0.1, -0.05) is 31.5 Å². The number of benzene rings is 1. The Morgan fingerprint density at radius 1 is 1.24 bits per heavy atom. The average Bonchev–Trinajstić information content (AvgIpc) is 2.48. The van der Waals surface area contributed by atoms with Crippen LogP contribution in [0.1, 0.15) is 31.2 Å². The number of nitrogen functional groups attached to an aromatic ring is 1. The summed E-state index contributed by atoms with van der Waals surface area (Å²) in [5, 5.41) is 7.58. The molecule has 0 fully saturated rings. The lowest BCUT2D eigenvalue weighted by Gasteiger charge is -2.23. The van der Waals surface area contributed by atoms with E-state index in [1.807, 2.05) is 37.3 Å². The molecule has 1 heterocycles. The number of hydrogen-bond donors (Lipinski definition) is 2. The van der Waals surface area contributed by atoms with Crippen molar-refractivity contribution in [2.45, 2.75) is 26.7 Å². The molecule has 0 atom stereocenters. The standard InChI is InChI=1S/C16H21N5/c1-3-4-10-21(13-8-6-5-7-9-13)16-19-12(2)11-14(20-16)15(17)18/h5-9,11H,3-4,10H2,1-2H3,(H3,17,18). The Labute approximate surface area is 125 Å². The molecule has 0 aliphatic heterocycles. The zero-order valence-corrected chi connectivity index (χ0v) is 12.5. The van der Waals surface area contributed by atoms with Crippen LogP contribution in [0.3, 0.4) is 0 Å². The second kappa shape index (κ2) is 6.83. The number of hydrogen-bond acceptors (Lipinski definition) is 4. The summed E-state index contributed by atoms with van der Waals surface area (Å²) in [5.41, 5.74) is 7.89. The van der Waals surface area contributed by atoms with Gasteiger partial charge < -0.3 is 10.6 Å². The minimum Gasteiger partial charge on any atom is -0.382 e. The van der Waals surface area contributed by atoms with Crippen LogP contribution in [0.4, 0.5) is 11.6 Å². The molecule has 5 nitrogen and oxygen atoms in total. The third-order valence-corrected chi connectivity index (χ3v) is 3.16. The van der Waals surface area contributed by atoms with Gasteiger partial charge in [0.1, 0.15) is 11.5 Å². The molecule has 0 radical (unpaired) electrons. The number of amidine groups is 1. The third kappa shape index (κ3) is 3.78. The van der Waals surface area contributed by atoms with E-state index in [9.17, 15) is 0 Å². The van der Waals surface area contributed by atoms with Gasteiger partial charge in [0.05, 0.1) is 0 Å². The second-order valence-corrected chi connectivity index (χ2v) is 4.95. The number of aryl methyl sites for hydroxylation is 1. The second-order valence-electron chi connectivity index (χ2n) is 4.95. The summed E-state index contributed by atoms with van der Waals surface area (Å²) in [6.45, 7) is 4.88. The molecule has 0 saturated heterocycles. The zero-order valence-electron chi connectivity index (χ0n) is 12.5. The summed E-state index contributed by atoms with van der Waals surface area (Å²) < 4.78 is 0. The van der Waals surface area contributed by atoms with Crippen LogP contribution in [0.5, 0.6) is 0 Å². The number of para-hydroxylation sites is 1. The van der Waals surface area contributed by atoms with Gasteiger partial charge in [0.25, 0.3) is 0 Å². The molecule has 0 amide bonds. The molecule has 21 heavy (non-hydrogen) atoms. The Bertz CT molecular complexity index is 609. The van der Waals surface area contributed by atoms with Gasteiger partial charge in [0.2, 0.25) is 5.95 Å². The predicted molar refractivity (Wildman–Crippen MR) is 86.1 cm³/mol. The van der Waals surface area contributed by atoms with Crippen molar-refractivity contribution in [3.63, 3.8) is 0 Å². The first-order valence-electron chi connectivity index (χ1n) is 7.14. The number of rotatable bonds is 6. The molecule has 2 rings (SSSR count). The molecule has 0 saturated carbocycles. The number of nitrogens with two attached hydrogens (primary N) is 1. The molecule has 2 aromatic rings. The van der Waals surface area contributed by atoms with Gasteiger partial charge in [0.15, 0.2) is 0 Å². The molecule has 5 heteroatoms. The predicted octanol–water partition coefficient (Wildman–Crippen LogP) is 3.01. The minimum absolute atomic E-state index is 0.0368. The maximum Gasteiger partial charge on any atom is 0.230 e. The summed E-state index contributed by atoms with van der Waals surface area (Å²) in [6, 6.07) is 11.8. The van der Waals surface area contributed by atoms with E-state index in [4.69, 9.17) is 11.1 Å². The monoisotopic (exact) mass is 283 g/mol. The van der Waals surface area contributed by atoms with Crippen molar-refractivity contribution >= 4 is 17.5 Å². The minimum atomic E-state index is -0.0368. The van der Waals surface area contributed by atoms with Gasteiger partial charge in [-0.2, -0.15) is 0 Å². The summed E-state index contributed by atoms with van der Waals surface area (Å²) in [7, 11) is 0. The zero-order chi connectivity index (χ0) is 15.2. The van der Waals surface area contributed by atoms with Crippen molar-refractivity contribution in [1.82, 2.24) is 9.97 Å². The molecule has 0 aliphatic rings. The SMILES string of the molecule is CCCCN(c1ccccc1)c1nc(C)cc(C(=N)N)n1. The summed E-state index contributed by atoms with van der Waals surface area (Å²) in [4.78, 5) is 11.0. The molecular formula is C16H21N5. The highest BCUT2D eigenvalue weighted by Gasteiger charge is 2.14. The van der Waals surface area contributed by atoms with E-state index in [0.29, 0.717) is 11.6 Å². The molecular weight excluding hydrogens is 262 g/mol. The maximum absolute atomic E-state index is 7.58. The van der Waals surface area contributed by atoms with Crippen LogP contribution in [0.25, 0.3) is 0 Å². The van der Waals surface area contributed by atoms with Gasteiger partial charge in [-0.05, 0) is 31.5 Å². The van der Waals surface area contributed by atoms with Crippen molar-refractivity contribution in [3.8, 4) is 0 Å². The molecule has 3 N–H and O–H groups in total. The van der Waals surface area contributed by atoms with Crippen molar-refractivity contribution in [2.75, 3.05) is 11.4 Å². The molecule has 0 unspecified atom stereocenters. The molecule has 110 valence electrons. The number of nitrogens with zero attached hydrogens (tertiary/aromatic N) is 3. The number of anilines is 2. The number of unbranched alkanes of at least 4 members (excludes halogenated alkanes) is 1. The fourth-order valence-electron chi connectivity index (χ4n) is 2.08. The van der Waals surface area contributed by atoms with Crippen LogP contribution < -0.4 is 10.6 Å². The first-order valence-corrected chi connectivity index (χ1v) is 7.14. The molecule has 0 aliphatic carbocycles. The Hall–Kier alpha value is -2.43. The maximum atomic E-state index is 7.58. The smallest absolute Gasteiger partial charge is 0.230 e. The van der Waals surface area contributed by atoms with Crippen molar-refractivity contribution < 1.29 is 0 Å². The fraction of sp³-hybridized carbons (Fsp3) is 0.312. The Kier molecular flexibility index (Phi) is 4.87. The van der Waals surface area contributed by atoms with Crippen molar-refractivity contribution in [1.29, 1.82) is 5.41 Å². The van der Waals surface area contributed by atoms with Gasteiger partial charge in [0, 0.05) is 17.9 Å². The summed E-state index contributed by atoms with van der Waals surface area (Å²) >= 11 is 0. The highest BCUT2D eigenvalue weighted by molar-refractivity contribution is 5.93. The topological polar surface area (TPSA) is 78.9 Å². The van der Waals surface area contributed by atoms with E-state index in [-0.39, 0.29) is 5.84 Å². The average molecular weight is 283 g/mol. The molecule has 1 aromatic carbocycles.